The Morgan fingerprint density at radius 1 is 0.984 bits per heavy atom. The van der Waals surface area contributed by atoms with Gasteiger partial charge in [-0.15, -0.1) is 32.9 Å². The minimum atomic E-state index is -0.821. The Hall–Kier alpha value is -5.22. The number of benzene rings is 2. The van der Waals surface area contributed by atoms with Crippen LogP contribution in [-0.2, 0) is 9.59 Å². The van der Waals surface area contributed by atoms with E-state index in [2.05, 4.69) is 37.5 Å². The number of nitrogens with one attached hydrogen (secondary N) is 1. The summed E-state index contributed by atoms with van der Waals surface area (Å²) in [6.45, 7) is 12.0. The van der Waals surface area contributed by atoms with Crippen LogP contribution in [0.5, 0.6) is 11.6 Å². The van der Waals surface area contributed by atoms with Crippen molar-refractivity contribution in [3.63, 3.8) is 0 Å². The van der Waals surface area contributed by atoms with Gasteiger partial charge < -0.3 is 29.7 Å². The molecule has 2 aliphatic heterocycles. The second-order valence-corrected chi connectivity index (χ2v) is 19.4. The Bertz CT molecular complexity index is 2560. The molecule has 6 heterocycles. The zero-order valence-corrected chi connectivity index (χ0v) is 37.3. The number of phenols is 1. The molecule has 2 amide bonds. The minimum absolute atomic E-state index is 0.0383. The standard InChI is InChI=1S/C47H53N7O6S2/c1-25(2)42(47(58)54-23-32(55)20-37(54)45(57)49-27(4)29-10-12-30(13-11-29)44-28(5)48-24-61-44)40-22-41(52-60-40)59-39-15-14-36(39)53-18-16-31(17-19-53)43-26(3)34-21-35(50-51-46(34)62-43)33-8-6-7-9-38(33)56/h6-13,21-22,24-25,27,31-32,36-37,39,42,55-56H,14-20,23H2,1-5H3,(H,49,57)/t27?,32-,36+,37+,39+,42?/m1/s1. The van der Waals surface area contributed by atoms with Gasteiger partial charge in [-0.1, -0.05) is 50.2 Å². The molecule has 0 radical (unpaired) electrons. The van der Waals surface area contributed by atoms with Crippen LogP contribution in [0.15, 0.2) is 70.7 Å². The summed E-state index contributed by atoms with van der Waals surface area (Å²) in [5.41, 5.74) is 7.43. The summed E-state index contributed by atoms with van der Waals surface area (Å²) in [5, 5.41) is 38.6. The molecular weight excluding hydrogens is 823 g/mol. The molecule has 2 saturated heterocycles. The Kier molecular flexibility index (Phi) is 11.9. The van der Waals surface area contributed by atoms with Crippen LogP contribution in [0.3, 0.4) is 0 Å². The van der Waals surface area contributed by atoms with E-state index in [1.807, 2.05) is 75.7 Å². The molecule has 4 aromatic heterocycles. The zero-order chi connectivity index (χ0) is 43.2. The number of hydrogen-bond acceptors (Lipinski definition) is 13. The molecule has 62 heavy (non-hydrogen) atoms. The quantitative estimate of drug-likeness (QED) is 0.109. The average Bonchev–Trinajstić information content (AvgIpc) is 4.07. The Morgan fingerprint density at radius 2 is 1.76 bits per heavy atom. The third kappa shape index (κ3) is 8.23. The number of aliphatic hydroxyl groups excluding tert-OH is 1. The highest BCUT2D eigenvalue weighted by Crippen LogP contribution is 2.43. The van der Waals surface area contributed by atoms with Crippen molar-refractivity contribution < 1.29 is 29.1 Å². The number of carbonyl (C=O) groups excluding carboxylic acids is 2. The van der Waals surface area contributed by atoms with Crippen molar-refractivity contribution in [3.05, 3.63) is 93.6 Å². The lowest BCUT2D eigenvalue weighted by Gasteiger charge is -2.46. The molecule has 2 aromatic carbocycles. The van der Waals surface area contributed by atoms with Crippen LogP contribution < -0.4 is 10.1 Å². The number of β-amino-alcohol motifs (C(OH)–C–C–N with tert-alkyl or cyclic N) is 1. The number of aliphatic hydroxyl groups is 1. The molecule has 3 fully saturated rings. The molecule has 9 rings (SSSR count). The zero-order valence-electron chi connectivity index (χ0n) is 35.7. The first-order valence-electron chi connectivity index (χ1n) is 21.6. The maximum Gasteiger partial charge on any atom is 0.254 e. The molecule has 1 aliphatic carbocycles. The summed E-state index contributed by atoms with van der Waals surface area (Å²) in [5.74, 6) is -0.0904. The van der Waals surface area contributed by atoms with E-state index in [0.717, 1.165) is 70.7 Å². The Labute approximate surface area is 369 Å². The highest BCUT2D eigenvalue weighted by molar-refractivity contribution is 7.19. The molecule has 3 aliphatic rings. The summed E-state index contributed by atoms with van der Waals surface area (Å²) in [6.07, 6.45) is 3.31. The Balaban J connectivity index is 0.808. The number of piperidine rings is 1. The molecule has 2 unspecified atom stereocenters. The van der Waals surface area contributed by atoms with Crippen LogP contribution in [0.1, 0.15) is 98.2 Å². The van der Waals surface area contributed by atoms with E-state index >= 15 is 0 Å². The average molecular weight is 876 g/mol. The van der Waals surface area contributed by atoms with Crippen molar-refractivity contribution in [3.8, 4) is 33.3 Å². The number of rotatable bonds is 12. The number of ether oxygens (including phenoxy) is 1. The molecule has 6 aromatic rings. The van der Waals surface area contributed by atoms with E-state index in [1.54, 1.807) is 40.9 Å². The van der Waals surface area contributed by atoms with Crippen molar-refractivity contribution in [1.29, 1.82) is 0 Å². The highest BCUT2D eigenvalue weighted by atomic mass is 32.1. The molecule has 3 N–H and O–H groups in total. The van der Waals surface area contributed by atoms with Gasteiger partial charge in [0.05, 0.1) is 33.9 Å². The van der Waals surface area contributed by atoms with Crippen molar-refractivity contribution in [2.45, 2.75) is 109 Å². The predicted molar refractivity (Wildman–Crippen MR) is 239 cm³/mol. The number of para-hydroxylation sites is 1. The van der Waals surface area contributed by atoms with Crippen LogP contribution in [0, 0.1) is 19.8 Å². The van der Waals surface area contributed by atoms with Crippen LogP contribution in [0.4, 0.5) is 0 Å². The predicted octanol–water partition coefficient (Wildman–Crippen LogP) is 8.16. The monoisotopic (exact) mass is 875 g/mol. The number of hydrogen-bond donors (Lipinski definition) is 3. The second-order valence-electron chi connectivity index (χ2n) is 17.5. The van der Waals surface area contributed by atoms with Crippen LogP contribution in [0.25, 0.3) is 31.9 Å². The number of fused-ring (bicyclic) bond motifs is 1. The van der Waals surface area contributed by atoms with E-state index < -0.39 is 18.1 Å². The number of thiazole rings is 1. The molecule has 0 bridgehead atoms. The van der Waals surface area contributed by atoms with Gasteiger partial charge in [0.15, 0.2) is 5.76 Å². The molecule has 13 nitrogen and oxygen atoms in total. The third-order valence-electron chi connectivity index (χ3n) is 13.1. The van der Waals surface area contributed by atoms with Crippen molar-refractivity contribution >= 4 is 44.7 Å². The number of thiophene rings is 1. The van der Waals surface area contributed by atoms with Gasteiger partial charge in [-0.05, 0) is 111 Å². The number of nitrogens with zero attached hydrogens (tertiary/aromatic N) is 6. The normalized spacial score (nSPS) is 21.9. The van der Waals surface area contributed by atoms with E-state index in [-0.39, 0.29) is 54.6 Å². The lowest BCUT2D eigenvalue weighted by Crippen LogP contribution is -2.55. The lowest BCUT2D eigenvalue weighted by atomic mass is 9.84. The molecule has 1 saturated carbocycles. The Morgan fingerprint density at radius 3 is 2.45 bits per heavy atom. The van der Waals surface area contributed by atoms with Gasteiger partial charge >= 0.3 is 0 Å². The molecule has 6 atom stereocenters. The minimum Gasteiger partial charge on any atom is -0.507 e. The summed E-state index contributed by atoms with van der Waals surface area (Å²) in [4.78, 5) is 39.9. The van der Waals surface area contributed by atoms with Crippen molar-refractivity contribution in [2.75, 3.05) is 19.6 Å². The van der Waals surface area contributed by atoms with Crippen LogP contribution >= 0.6 is 22.7 Å². The molecule has 0 spiro atoms. The summed E-state index contributed by atoms with van der Waals surface area (Å²) < 4.78 is 12.3. The maximum atomic E-state index is 14.3. The first-order valence-corrected chi connectivity index (χ1v) is 23.3. The van der Waals surface area contributed by atoms with E-state index in [9.17, 15) is 19.8 Å². The fraction of sp³-hybridized carbons (Fsp3) is 0.447. The van der Waals surface area contributed by atoms with Gasteiger partial charge in [0.1, 0.15) is 28.6 Å². The number of phenolic OH excluding ortho intramolecular Hbond substituents is 1. The van der Waals surface area contributed by atoms with E-state index in [0.29, 0.717) is 28.8 Å². The van der Waals surface area contributed by atoms with Gasteiger partial charge in [0.2, 0.25) is 11.8 Å². The van der Waals surface area contributed by atoms with Gasteiger partial charge in [0.25, 0.3) is 5.88 Å². The second kappa shape index (κ2) is 17.5. The van der Waals surface area contributed by atoms with Gasteiger partial charge in [0, 0.05) is 40.9 Å². The number of aromatic nitrogens is 4. The van der Waals surface area contributed by atoms with Gasteiger partial charge in [-0.2, -0.15) is 0 Å². The van der Waals surface area contributed by atoms with Crippen LogP contribution in [-0.4, -0.2) is 96.1 Å². The molecule has 324 valence electrons. The number of aryl methyl sites for hydroxylation is 2. The van der Waals surface area contributed by atoms with E-state index in [4.69, 9.17) is 9.26 Å². The number of likely N-dealkylation sites (tertiary alicyclic amines) is 2. The third-order valence-corrected chi connectivity index (χ3v) is 15.5. The van der Waals surface area contributed by atoms with E-state index in [1.165, 1.54) is 15.3 Å². The van der Waals surface area contributed by atoms with Gasteiger partial charge in [-0.25, -0.2) is 4.98 Å². The lowest BCUT2D eigenvalue weighted by molar-refractivity contribution is -0.141. The first-order chi connectivity index (χ1) is 29.9. The molecule has 15 heteroatoms. The number of aromatic hydroxyl groups is 1. The SMILES string of the molecule is Cc1ncsc1-c1ccc(C(C)NC(=O)[C@@H]2C[C@@H](O)CN2C(=O)C(c2cc(O[C@H]3CC[C@@H]3N3CCC(c4sc5nnc(-c6ccccc6O)cc5c4C)CC3)no2)C(C)C)cc1. The van der Waals surface area contributed by atoms with Gasteiger partial charge in [-0.3, -0.25) is 14.5 Å². The number of amides is 2. The van der Waals surface area contributed by atoms with Crippen molar-refractivity contribution in [1.82, 2.24) is 35.5 Å². The summed E-state index contributed by atoms with van der Waals surface area (Å²) >= 11 is 3.33. The smallest absolute Gasteiger partial charge is 0.254 e. The molecular formula is C47H53N7O6S2. The maximum absolute atomic E-state index is 14.3. The summed E-state index contributed by atoms with van der Waals surface area (Å²) in [6, 6.07) is 18.2. The topological polar surface area (TPSA) is 167 Å². The number of carbonyl (C=O) groups is 2. The fourth-order valence-corrected chi connectivity index (χ4v) is 11.6. The fourth-order valence-electron chi connectivity index (χ4n) is 9.49. The highest BCUT2D eigenvalue weighted by Gasteiger charge is 2.44. The first kappa shape index (κ1) is 42.1. The summed E-state index contributed by atoms with van der Waals surface area (Å²) in [7, 11) is 0. The largest absolute Gasteiger partial charge is 0.507 e. The van der Waals surface area contributed by atoms with Crippen molar-refractivity contribution in [2.24, 2.45) is 5.92 Å². The van der Waals surface area contributed by atoms with Crippen LogP contribution in [0.2, 0.25) is 0 Å².